The van der Waals surface area contributed by atoms with Crippen molar-refractivity contribution in [3.8, 4) is 22.3 Å². The lowest BCUT2D eigenvalue weighted by Gasteiger charge is -2.11. The van der Waals surface area contributed by atoms with Crippen molar-refractivity contribution in [2.75, 3.05) is 5.32 Å². The zero-order chi connectivity index (χ0) is 21.1. The largest absolute Gasteiger partial charge is 0.306 e. The van der Waals surface area contributed by atoms with Crippen LogP contribution in [-0.2, 0) is 0 Å². The van der Waals surface area contributed by atoms with Gasteiger partial charge < -0.3 is 5.32 Å². The quantitative estimate of drug-likeness (QED) is 0.379. The molecule has 156 valence electrons. The van der Waals surface area contributed by atoms with Gasteiger partial charge in [0.25, 0.3) is 5.91 Å². The Balaban J connectivity index is 0.00000272. The highest BCUT2D eigenvalue weighted by atomic mass is 35.5. The Hall–Kier alpha value is -3.28. The molecule has 0 saturated heterocycles. The zero-order valence-electron chi connectivity index (χ0n) is 16.5. The molecule has 0 atom stereocenters. The number of aromatic nitrogens is 2. The molecule has 4 rings (SSSR count). The molecule has 0 fully saturated rings. The first kappa shape index (κ1) is 22.4. The van der Waals surface area contributed by atoms with Crippen LogP contribution in [0.3, 0.4) is 0 Å². The number of amides is 1. The van der Waals surface area contributed by atoms with Gasteiger partial charge in [-0.15, -0.1) is 12.4 Å². The third-order valence-corrected chi connectivity index (χ3v) is 5.05. The van der Waals surface area contributed by atoms with Crippen LogP contribution in [0.1, 0.15) is 15.9 Å². The molecule has 0 aliphatic carbocycles. The summed E-state index contributed by atoms with van der Waals surface area (Å²) in [6.07, 6.45) is 5.23. The summed E-state index contributed by atoms with van der Waals surface area (Å²) in [5.74, 6) is -1.02. The Morgan fingerprint density at radius 2 is 1.77 bits per heavy atom. The van der Waals surface area contributed by atoms with Crippen LogP contribution in [0.25, 0.3) is 22.3 Å². The molecule has 2 aromatic heterocycles. The van der Waals surface area contributed by atoms with E-state index >= 15 is 0 Å². The molecule has 0 aliphatic rings. The Bertz CT molecular complexity index is 1200. The summed E-state index contributed by atoms with van der Waals surface area (Å²) in [6.45, 7) is 2.03. The van der Waals surface area contributed by atoms with Gasteiger partial charge in [-0.05, 0) is 60.0 Å². The summed E-state index contributed by atoms with van der Waals surface area (Å²) < 4.78 is 13.9. The highest BCUT2D eigenvalue weighted by Crippen LogP contribution is 2.29. The van der Waals surface area contributed by atoms with Crippen LogP contribution in [0, 0.1) is 12.7 Å². The highest BCUT2D eigenvalue weighted by Gasteiger charge is 2.16. The number of anilines is 1. The lowest BCUT2D eigenvalue weighted by atomic mass is 9.97. The Morgan fingerprint density at radius 3 is 2.45 bits per heavy atom. The number of rotatable bonds is 4. The number of benzene rings is 2. The lowest BCUT2D eigenvalue weighted by molar-refractivity contribution is 0.102. The predicted molar refractivity (Wildman–Crippen MR) is 124 cm³/mol. The van der Waals surface area contributed by atoms with Crippen LogP contribution in [-0.4, -0.2) is 15.9 Å². The third kappa shape index (κ3) is 4.90. The van der Waals surface area contributed by atoms with E-state index in [1.165, 1.54) is 18.2 Å². The number of nitrogens with one attached hydrogen (secondary N) is 1. The van der Waals surface area contributed by atoms with Crippen LogP contribution >= 0.6 is 24.0 Å². The van der Waals surface area contributed by atoms with Crippen molar-refractivity contribution in [3.63, 3.8) is 0 Å². The second-order valence-corrected chi connectivity index (χ2v) is 7.16. The first-order valence-corrected chi connectivity index (χ1v) is 9.63. The van der Waals surface area contributed by atoms with Crippen molar-refractivity contribution >= 4 is 35.7 Å². The number of nitrogens with zero attached hydrogens (tertiary/aromatic N) is 2. The van der Waals surface area contributed by atoms with E-state index in [4.69, 9.17) is 11.6 Å². The molecule has 2 aromatic carbocycles. The molecule has 0 aliphatic heterocycles. The molecule has 1 amide bonds. The topological polar surface area (TPSA) is 54.9 Å². The van der Waals surface area contributed by atoms with Crippen molar-refractivity contribution in [3.05, 3.63) is 101 Å². The summed E-state index contributed by atoms with van der Waals surface area (Å²) in [4.78, 5) is 20.9. The minimum absolute atomic E-state index is 0. The van der Waals surface area contributed by atoms with E-state index in [-0.39, 0.29) is 23.0 Å². The molecule has 0 bridgehead atoms. The molecule has 7 heteroatoms. The van der Waals surface area contributed by atoms with Gasteiger partial charge in [0.15, 0.2) is 0 Å². The fourth-order valence-corrected chi connectivity index (χ4v) is 3.42. The lowest BCUT2D eigenvalue weighted by Crippen LogP contribution is -2.15. The number of carbonyl (C=O) groups excluding carboxylic acids is 1. The van der Waals surface area contributed by atoms with Gasteiger partial charge >= 0.3 is 0 Å². The smallest absolute Gasteiger partial charge is 0.261 e. The number of hydrogen-bond donors (Lipinski definition) is 1. The highest BCUT2D eigenvalue weighted by molar-refractivity contribution is 6.34. The minimum Gasteiger partial charge on any atom is -0.306 e. The monoisotopic (exact) mass is 453 g/mol. The van der Waals surface area contributed by atoms with Gasteiger partial charge in [-0.25, -0.2) is 9.37 Å². The Morgan fingerprint density at radius 1 is 0.968 bits per heavy atom. The van der Waals surface area contributed by atoms with Crippen LogP contribution in [0.2, 0.25) is 5.02 Å². The molecule has 0 unspecified atom stereocenters. The fraction of sp³-hybridized carbons (Fsp3) is 0.0417. The number of hydrogen-bond acceptors (Lipinski definition) is 3. The van der Waals surface area contributed by atoms with Crippen LogP contribution in [0.5, 0.6) is 0 Å². The van der Waals surface area contributed by atoms with E-state index in [0.717, 1.165) is 27.8 Å². The van der Waals surface area contributed by atoms with Gasteiger partial charge in [-0.3, -0.25) is 9.78 Å². The summed E-state index contributed by atoms with van der Waals surface area (Å²) in [5.41, 5.74) is 4.90. The Kier molecular flexibility index (Phi) is 7.00. The molecular weight excluding hydrogens is 436 g/mol. The van der Waals surface area contributed by atoms with Crippen molar-refractivity contribution in [2.45, 2.75) is 6.92 Å². The van der Waals surface area contributed by atoms with Crippen LogP contribution in [0.4, 0.5) is 10.2 Å². The summed E-state index contributed by atoms with van der Waals surface area (Å²) in [7, 11) is 0. The van der Waals surface area contributed by atoms with E-state index in [9.17, 15) is 9.18 Å². The van der Waals surface area contributed by atoms with Gasteiger partial charge in [-0.2, -0.15) is 0 Å². The molecule has 0 saturated carbocycles. The number of halogens is 3. The van der Waals surface area contributed by atoms with Gasteiger partial charge in [0.1, 0.15) is 11.6 Å². The summed E-state index contributed by atoms with van der Waals surface area (Å²) in [5, 5.41) is 2.64. The Labute approximate surface area is 190 Å². The molecule has 1 N–H and O–H groups in total. The maximum Gasteiger partial charge on any atom is 0.261 e. The standard InChI is InChI=1S/C24H17ClFN3O.ClH/c1-15-7-8-16(17-4-3-11-27-13-17)12-19(15)18-9-10-22(28-14-18)29-24(30)23-20(25)5-2-6-21(23)26;/h2-14H,1H3,(H,28,29,30);1H. The SMILES string of the molecule is Cc1ccc(-c2cccnc2)cc1-c1ccc(NC(=O)c2c(F)cccc2Cl)nc1.Cl. The molecule has 0 radical (unpaired) electrons. The predicted octanol–water partition coefficient (Wildman–Crippen LogP) is 6.59. The second kappa shape index (κ2) is 9.69. The van der Waals surface area contributed by atoms with E-state index in [2.05, 4.69) is 27.4 Å². The molecule has 4 nitrogen and oxygen atoms in total. The summed E-state index contributed by atoms with van der Waals surface area (Å²) >= 11 is 5.95. The van der Waals surface area contributed by atoms with E-state index in [0.29, 0.717) is 5.82 Å². The normalized spacial score (nSPS) is 10.3. The van der Waals surface area contributed by atoms with Gasteiger partial charge in [0.2, 0.25) is 0 Å². The van der Waals surface area contributed by atoms with Gasteiger partial charge in [-0.1, -0.05) is 35.9 Å². The van der Waals surface area contributed by atoms with Crippen LogP contribution in [0.15, 0.2) is 79.3 Å². The average Bonchev–Trinajstić information content (AvgIpc) is 2.75. The zero-order valence-corrected chi connectivity index (χ0v) is 18.0. The number of pyridine rings is 2. The maximum absolute atomic E-state index is 13.9. The number of aryl methyl sites for hydroxylation is 1. The van der Waals surface area contributed by atoms with Crippen molar-refractivity contribution in [2.24, 2.45) is 0 Å². The average molecular weight is 454 g/mol. The van der Waals surface area contributed by atoms with Crippen molar-refractivity contribution in [1.29, 1.82) is 0 Å². The first-order valence-electron chi connectivity index (χ1n) is 9.26. The van der Waals surface area contributed by atoms with Gasteiger partial charge in [0, 0.05) is 29.7 Å². The van der Waals surface area contributed by atoms with Crippen LogP contribution < -0.4 is 5.32 Å². The first-order chi connectivity index (χ1) is 14.5. The van der Waals surface area contributed by atoms with Gasteiger partial charge in [0.05, 0.1) is 10.6 Å². The minimum atomic E-state index is -0.681. The molecule has 4 aromatic rings. The summed E-state index contributed by atoms with van der Waals surface area (Å²) in [6, 6.07) is 17.7. The third-order valence-electron chi connectivity index (χ3n) is 4.74. The maximum atomic E-state index is 13.9. The van der Waals surface area contributed by atoms with Crippen molar-refractivity contribution < 1.29 is 9.18 Å². The molecule has 2 heterocycles. The molecule has 31 heavy (non-hydrogen) atoms. The van der Waals surface area contributed by atoms with E-state index < -0.39 is 11.7 Å². The second-order valence-electron chi connectivity index (χ2n) is 6.75. The number of carbonyl (C=O) groups is 1. The fourth-order valence-electron chi connectivity index (χ4n) is 3.17. The van der Waals surface area contributed by atoms with Crippen molar-refractivity contribution in [1.82, 2.24) is 9.97 Å². The molecular formula is C24H18Cl2FN3O. The van der Waals surface area contributed by atoms with E-state index in [1.54, 1.807) is 18.5 Å². The van der Waals surface area contributed by atoms with E-state index in [1.807, 2.05) is 37.4 Å². The molecule has 0 spiro atoms.